The summed E-state index contributed by atoms with van der Waals surface area (Å²) in [7, 11) is -2.60. The zero-order chi connectivity index (χ0) is 32.3. The fourth-order valence-electron chi connectivity index (χ4n) is 3.51. The summed E-state index contributed by atoms with van der Waals surface area (Å²) in [4.78, 5) is 26.6. The number of aryl methyl sites for hydroxylation is 2. The van der Waals surface area contributed by atoms with Crippen molar-refractivity contribution in [1.82, 2.24) is 19.9 Å². The molecule has 1 N–H and O–H groups in total. The van der Waals surface area contributed by atoms with Gasteiger partial charge in [0.25, 0.3) is 22.4 Å². The maximum atomic E-state index is 13.3. The second-order valence-corrected chi connectivity index (χ2v) is 12.3. The minimum absolute atomic E-state index is 0.0315. The number of carbonyl (C=O) groups is 1. The van der Waals surface area contributed by atoms with E-state index in [0.29, 0.717) is 5.75 Å². The number of rotatable bonds is 11. The Morgan fingerprint density at radius 3 is 2.30 bits per heavy atom. The fourth-order valence-corrected chi connectivity index (χ4v) is 4.67. The monoisotopic (exact) mass is 643 g/mol. The van der Waals surface area contributed by atoms with Crippen molar-refractivity contribution in [3.05, 3.63) is 83.2 Å². The summed E-state index contributed by atoms with van der Waals surface area (Å²) in [5, 5.41) is 0.225. The Balaban J connectivity index is 0.000000662. The van der Waals surface area contributed by atoms with Crippen LogP contribution in [0, 0.1) is 13.8 Å². The summed E-state index contributed by atoms with van der Waals surface area (Å²) in [6.45, 7) is 9.75. The number of carbonyl (C=O) groups excluding carboxylic acids is 1. The van der Waals surface area contributed by atoms with Crippen molar-refractivity contribution < 1.29 is 32.2 Å². The van der Waals surface area contributed by atoms with Gasteiger partial charge < -0.3 is 18.9 Å². The molecule has 0 saturated heterocycles. The summed E-state index contributed by atoms with van der Waals surface area (Å²) < 4.78 is 50.5. The van der Waals surface area contributed by atoms with Crippen molar-refractivity contribution in [1.29, 1.82) is 0 Å². The molecule has 0 aliphatic heterocycles. The van der Waals surface area contributed by atoms with E-state index in [1.807, 2.05) is 33.8 Å². The molecule has 0 aliphatic rings. The van der Waals surface area contributed by atoms with Gasteiger partial charge in [-0.1, -0.05) is 44.5 Å². The third-order valence-electron chi connectivity index (χ3n) is 5.80. The number of nitrogens with one attached hydrogen (secondary N) is 1. The van der Waals surface area contributed by atoms with Crippen LogP contribution < -0.4 is 18.9 Å². The van der Waals surface area contributed by atoms with E-state index < -0.39 is 10.0 Å². The summed E-state index contributed by atoms with van der Waals surface area (Å²) in [5.41, 5.74) is 1.85. The molecule has 2 aromatic heterocycles. The van der Waals surface area contributed by atoms with E-state index in [1.54, 1.807) is 37.4 Å². The Bertz CT molecular complexity index is 1650. The maximum absolute atomic E-state index is 13.3. The van der Waals surface area contributed by atoms with E-state index in [4.69, 9.17) is 25.8 Å². The van der Waals surface area contributed by atoms with Crippen LogP contribution in [0.15, 0.2) is 66.0 Å². The molecule has 0 atom stereocenters. The fraction of sp³-hybridized carbons (Fsp3) is 0.300. The molecule has 14 heteroatoms. The molecule has 0 aliphatic carbocycles. The van der Waals surface area contributed by atoms with Crippen molar-refractivity contribution in [3.63, 3.8) is 0 Å². The van der Waals surface area contributed by atoms with Gasteiger partial charge in [-0.05, 0) is 55.2 Å². The zero-order valence-corrected chi connectivity index (χ0v) is 26.8. The van der Waals surface area contributed by atoms with Gasteiger partial charge in [0.1, 0.15) is 36.9 Å². The highest BCUT2D eigenvalue weighted by Gasteiger charge is 2.25. The third-order valence-corrected chi connectivity index (χ3v) is 7.46. The summed E-state index contributed by atoms with van der Waals surface area (Å²) >= 11 is 6.31. The highest BCUT2D eigenvalue weighted by molar-refractivity contribution is 7.92. The van der Waals surface area contributed by atoms with Crippen LogP contribution in [-0.2, 0) is 25.0 Å². The van der Waals surface area contributed by atoms with Crippen molar-refractivity contribution in [2.45, 2.75) is 44.9 Å². The van der Waals surface area contributed by atoms with Gasteiger partial charge in [0.2, 0.25) is 5.75 Å². The van der Waals surface area contributed by atoms with Gasteiger partial charge in [0.05, 0.1) is 17.0 Å². The van der Waals surface area contributed by atoms with E-state index in [0.717, 1.165) is 11.3 Å². The lowest BCUT2D eigenvalue weighted by Crippen LogP contribution is -2.17. The van der Waals surface area contributed by atoms with Gasteiger partial charge in [0.15, 0.2) is 5.82 Å². The van der Waals surface area contributed by atoms with Gasteiger partial charge in [0, 0.05) is 18.0 Å². The number of anilines is 1. The number of sulfonamides is 1. The lowest BCUT2D eigenvalue weighted by molar-refractivity contribution is -0.129. The normalized spacial score (nSPS) is 11.1. The lowest BCUT2D eigenvalue weighted by atomic mass is 9.87. The number of nitrogens with zero attached hydrogens (tertiary/aromatic N) is 4. The van der Waals surface area contributed by atoms with Crippen LogP contribution in [-0.4, -0.2) is 55.1 Å². The number of hydrogen-bond acceptors (Lipinski definition) is 11. The minimum atomic E-state index is -4.08. The molecule has 12 nitrogen and oxygen atoms in total. The first-order chi connectivity index (χ1) is 20.8. The smallest absolute Gasteiger partial charge is 0.293 e. The first kappa shape index (κ1) is 34.0. The van der Waals surface area contributed by atoms with E-state index in [1.165, 1.54) is 31.6 Å². The first-order valence-electron chi connectivity index (χ1n) is 13.3. The van der Waals surface area contributed by atoms with Crippen LogP contribution in [0.2, 0.25) is 5.02 Å². The number of aromatic nitrogens is 4. The van der Waals surface area contributed by atoms with Crippen LogP contribution in [0.25, 0.3) is 0 Å². The van der Waals surface area contributed by atoms with E-state index in [2.05, 4.69) is 29.4 Å². The molecule has 2 heterocycles. The Hall–Kier alpha value is -4.49. The van der Waals surface area contributed by atoms with Crippen LogP contribution in [0.3, 0.4) is 0 Å². The van der Waals surface area contributed by atoms with Gasteiger partial charge in [-0.15, -0.1) is 0 Å². The summed E-state index contributed by atoms with van der Waals surface area (Å²) in [6.07, 6.45) is 3.26. The topological polar surface area (TPSA) is 152 Å². The molecule has 44 heavy (non-hydrogen) atoms. The molecule has 0 radical (unpaired) electrons. The highest BCUT2D eigenvalue weighted by Crippen LogP contribution is 2.41. The Labute approximate surface area is 261 Å². The van der Waals surface area contributed by atoms with E-state index >= 15 is 0 Å². The number of hydrogen-bond donors (Lipinski definition) is 1. The second-order valence-electron chi connectivity index (χ2n) is 10.2. The molecule has 0 saturated carbocycles. The molecule has 0 bridgehead atoms. The van der Waals surface area contributed by atoms with Gasteiger partial charge in [-0.25, -0.2) is 23.4 Å². The average Bonchev–Trinajstić information content (AvgIpc) is 2.98. The van der Waals surface area contributed by atoms with Crippen LogP contribution in [0.1, 0.15) is 37.9 Å². The molecule has 0 fully saturated rings. The average molecular weight is 644 g/mol. The molecule has 234 valence electrons. The van der Waals surface area contributed by atoms with Crippen molar-refractivity contribution >= 4 is 33.9 Å². The summed E-state index contributed by atoms with van der Waals surface area (Å²) in [5.74, 6) is 0.421. The van der Waals surface area contributed by atoms with Crippen LogP contribution in [0.4, 0.5) is 5.82 Å². The Morgan fingerprint density at radius 2 is 1.73 bits per heavy atom. The predicted octanol–water partition coefficient (Wildman–Crippen LogP) is 5.67. The number of benzene rings is 2. The predicted molar refractivity (Wildman–Crippen MR) is 165 cm³/mol. The first-order valence-corrected chi connectivity index (χ1v) is 15.1. The second kappa shape index (κ2) is 15.3. The minimum Gasteiger partial charge on any atom is -0.497 e. The van der Waals surface area contributed by atoms with Gasteiger partial charge in [-0.2, -0.15) is 4.98 Å². The molecule has 4 aromatic rings. The molecule has 0 spiro atoms. The van der Waals surface area contributed by atoms with E-state index in [-0.39, 0.29) is 64.0 Å². The van der Waals surface area contributed by atoms with Gasteiger partial charge in [-0.3, -0.25) is 9.52 Å². The number of methoxy groups -OCH3 is 1. The molecular formula is C30H34ClN5O7S. The zero-order valence-electron chi connectivity index (χ0n) is 25.2. The van der Waals surface area contributed by atoms with Crippen LogP contribution >= 0.6 is 11.6 Å². The third kappa shape index (κ3) is 9.78. The molecule has 0 unspecified atom stereocenters. The lowest BCUT2D eigenvalue weighted by Gasteiger charge is -2.20. The molecular weight excluding hydrogens is 610 g/mol. The Kier molecular flexibility index (Phi) is 11.8. The maximum Gasteiger partial charge on any atom is 0.293 e. The van der Waals surface area contributed by atoms with Crippen molar-refractivity contribution in [2.75, 3.05) is 25.0 Å². The Morgan fingerprint density at radius 1 is 1.00 bits per heavy atom. The number of halogens is 1. The quantitative estimate of drug-likeness (QED) is 0.159. The standard InChI is InChI=1S/C25H28ClN3O7S.C5H6N2/c1-16-27-23(29-37(31,32)19-9-6-17(7-10-19)25(2,3)4)22(24(28-16)35-13-12-34-15-30)36-21-14-18(33-5)8-11-20(21)26;1-5-2-3-6-4-7-5/h6-11,14-15H,12-13H2,1-5H3,(H,27,28,29);2-4H,1H3. The van der Waals surface area contributed by atoms with E-state index in [9.17, 15) is 13.2 Å². The highest BCUT2D eigenvalue weighted by atomic mass is 35.5. The SMILES string of the molecule is COc1ccc(Cl)c(Oc2c(NS(=O)(=O)c3ccc(C(C)(C)C)cc3)nc(C)nc2OCCOC=O)c1.Cc1ccncn1. The van der Waals surface area contributed by atoms with Crippen LogP contribution in [0.5, 0.6) is 23.1 Å². The largest absolute Gasteiger partial charge is 0.497 e. The summed E-state index contributed by atoms with van der Waals surface area (Å²) in [6, 6.07) is 13.1. The molecule has 0 amide bonds. The number of ether oxygens (including phenoxy) is 4. The molecule has 4 rings (SSSR count). The van der Waals surface area contributed by atoms with Gasteiger partial charge >= 0.3 is 0 Å². The van der Waals surface area contributed by atoms with Crippen molar-refractivity contribution in [2.24, 2.45) is 0 Å². The molecule has 2 aromatic carbocycles. The van der Waals surface area contributed by atoms with Crippen molar-refractivity contribution in [3.8, 4) is 23.1 Å².